The van der Waals surface area contributed by atoms with Gasteiger partial charge in [-0.3, -0.25) is 0 Å². The molecule has 3 heteroatoms. The molecule has 0 amide bonds. The molecule has 0 bridgehead atoms. The minimum Gasteiger partial charge on any atom is -0.142 e. The fourth-order valence-corrected chi connectivity index (χ4v) is 1.93. The van der Waals surface area contributed by atoms with E-state index in [1.807, 2.05) is 42.5 Å². The van der Waals surface area contributed by atoms with Crippen LogP contribution >= 0.6 is 35.8 Å². The van der Waals surface area contributed by atoms with E-state index in [0.29, 0.717) is 5.02 Å². The lowest BCUT2D eigenvalue weighted by atomic mass is 10.1. The average molecular weight is 255 g/mol. The summed E-state index contributed by atoms with van der Waals surface area (Å²) < 4.78 is 0. The SMILES string of the molecule is Sc1ccc(-c2ccccc2Cl)cc1Cl. The summed E-state index contributed by atoms with van der Waals surface area (Å²) in [5.41, 5.74) is 1.98. The number of rotatable bonds is 1. The number of hydrogen-bond donors (Lipinski definition) is 1. The van der Waals surface area contributed by atoms with E-state index in [0.717, 1.165) is 21.0 Å². The van der Waals surface area contributed by atoms with Gasteiger partial charge in [-0.15, -0.1) is 12.6 Å². The number of benzene rings is 2. The first-order valence-corrected chi connectivity index (χ1v) is 5.62. The minimum absolute atomic E-state index is 0.635. The molecular weight excluding hydrogens is 247 g/mol. The van der Waals surface area contributed by atoms with Crippen LogP contribution in [0.15, 0.2) is 47.4 Å². The van der Waals surface area contributed by atoms with E-state index >= 15 is 0 Å². The van der Waals surface area contributed by atoms with Crippen LogP contribution in [0.25, 0.3) is 11.1 Å². The van der Waals surface area contributed by atoms with Crippen molar-refractivity contribution in [1.82, 2.24) is 0 Å². The molecule has 0 nitrogen and oxygen atoms in total. The first-order valence-electron chi connectivity index (χ1n) is 4.42. The van der Waals surface area contributed by atoms with Crippen molar-refractivity contribution in [2.75, 3.05) is 0 Å². The highest BCUT2D eigenvalue weighted by molar-refractivity contribution is 7.80. The quantitative estimate of drug-likeness (QED) is 0.685. The Labute approximate surface area is 104 Å². The molecule has 0 N–H and O–H groups in total. The van der Waals surface area contributed by atoms with Crippen LogP contribution in [0.3, 0.4) is 0 Å². The minimum atomic E-state index is 0.635. The topological polar surface area (TPSA) is 0 Å². The maximum atomic E-state index is 6.09. The summed E-state index contributed by atoms with van der Waals surface area (Å²) in [5.74, 6) is 0. The predicted molar refractivity (Wildman–Crippen MR) is 69.2 cm³/mol. The molecule has 0 aliphatic rings. The zero-order chi connectivity index (χ0) is 10.8. The van der Waals surface area contributed by atoms with Crippen molar-refractivity contribution in [3.63, 3.8) is 0 Å². The second-order valence-corrected chi connectivity index (χ2v) is 4.44. The van der Waals surface area contributed by atoms with Crippen LogP contribution in [0, 0.1) is 0 Å². The zero-order valence-electron chi connectivity index (χ0n) is 7.74. The molecule has 0 aliphatic carbocycles. The standard InChI is InChI=1S/C12H8Cl2S/c13-10-4-2-1-3-9(10)8-5-6-12(15)11(14)7-8/h1-7,15H. The lowest BCUT2D eigenvalue weighted by Gasteiger charge is -2.05. The van der Waals surface area contributed by atoms with Crippen LogP contribution in [0.5, 0.6) is 0 Å². The van der Waals surface area contributed by atoms with Crippen LogP contribution in [-0.4, -0.2) is 0 Å². The molecule has 0 radical (unpaired) electrons. The molecule has 0 aromatic heterocycles. The smallest absolute Gasteiger partial charge is 0.0545 e. The Bertz CT molecular complexity index is 495. The summed E-state index contributed by atoms with van der Waals surface area (Å²) in [4.78, 5) is 0.771. The first kappa shape index (κ1) is 10.9. The number of halogens is 2. The van der Waals surface area contributed by atoms with Gasteiger partial charge in [-0.2, -0.15) is 0 Å². The van der Waals surface area contributed by atoms with Crippen molar-refractivity contribution in [2.24, 2.45) is 0 Å². The van der Waals surface area contributed by atoms with Gasteiger partial charge in [0.15, 0.2) is 0 Å². The fourth-order valence-electron chi connectivity index (χ4n) is 1.37. The highest BCUT2D eigenvalue weighted by Crippen LogP contribution is 2.31. The van der Waals surface area contributed by atoms with Crippen molar-refractivity contribution in [3.8, 4) is 11.1 Å². The number of thiol groups is 1. The molecule has 2 aromatic carbocycles. The Morgan fingerprint density at radius 3 is 2.27 bits per heavy atom. The molecular formula is C12H8Cl2S. The van der Waals surface area contributed by atoms with E-state index in [1.54, 1.807) is 0 Å². The molecule has 0 spiro atoms. The highest BCUT2D eigenvalue weighted by Gasteiger charge is 2.04. The van der Waals surface area contributed by atoms with Gasteiger partial charge in [-0.25, -0.2) is 0 Å². The van der Waals surface area contributed by atoms with E-state index < -0.39 is 0 Å². The Morgan fingerprint density at radius 1 is 0.867 bits per heavy atom. The van der Waals surface area contributed by atoms with Gasteiger partial charge in [0.05, 0.1) is 5.02 Å². The summed E-state index contributed by atoms with van der Waals surface area (Å²) >= 11 is 16.3. The Balaban J connectivity index is 2.55. The molecule has 0 fully saturated rings. The highest BCUT2D eigenvalue weighted by atomic mass is 35.5. The van der Waals surface area contributed by atoms with Crippen molar-refractivity contribution in [3.05, 3.63) is 52.5 Å². The Hall–Kier alpha value is -0.630. The van der Waals surface area contributed by atoms with E-state index in [-0.39, 0.29) is 0 Å². The molecule has 0 aliphatic heterocycles. The second kappa shape index (κ2) is 4.48. The second-order valence-electron chi connectivity index (χ2n) is 3.15. The third-order valence-corrected chi connectivity index (χ3v) is 3.30. The van der Waals surface area contributed by atoms with Gasteiger partial charge in [0.2, 0.25) is 0 Å². The van der Waals surface area contributed by atoms with Crippen LogP contribution in [0.2, 0.25) is 10.0 Å². The molecule has 15 heavy (non-hydrogen) atoms. The molecule has 2 aromatic rings. The maximum Gasteiger partial charge on any atom is 0.0545 e. The molecule has 0 saturated carbocycles. The molecule has 76 valence electrons. The lowest BCUT2D eigenvalue weighted by Crippen LogP contribution is -1.80. The van der Waals surface area contributed by atoms with Crippen LogP contribution in [-0.2, 0) is 0 Å². The van der Waals surface area contributed by atoms with Gasteiger partial charge >= 0.3 is 0 Å². The van der Waals surface area contributed by atoms with Crippen molar-refractivity contribution in [1.29, 1.82) is 0 Å². The lowest BCUT2D eigenvalue weighted by molar-refractivity contribution is 1.47. The molecule has 0 heterocycles. The van der Waals surface area contributed by atoms with E-state index in [4.69, 9.17) is 23.2 Å². The normalized spacial score (nSPS) is 10.3. The molecule has 0 saturated heterocycles. The summed E-state index contributed by atoms with van der Waals surface area (Å²) in [6.07, 6.45) is 0. The summed E-state index contributed by atoms with van der Waals surface area (Å²) in [6.45, 7) is 0. The van der Waals surface area contributed by atoms with E-state index in [9.17, 15) is 0 Å². The third-order valence-electron chi connectivity index (χ3n) is 2.13. The summed E-state index contributed by atoms with van der Waals surface area (Å²) in [7, 11) is 0. The van der Waals surface area contributed by atoms with Crippen molar-refractivity contribution < 1.29 is 0 Å². The van der Waals surface area contributed by atoms with Gasteiger partial charge in [0, 0.05) is 15.5 Å². The van der Waals surface area contributed by atoms with Crippen molar-refractivity contribution in [2.45, 2.75) is 4.90 Å². The fraction of sp³-hybridized carbons (Fsp3) is 0. The number of hydrogen-bond acceptors (Lipinski definition) is 1. The van der Waals surface area contributed by atoms with Gasteiger partial charge in [0.25, 0.3) is 0 Å². The Morgan fingerprint density at radius 2 is 1.60 bits per heavy atom. The zero-order valence-corrected chi connectivity index (χ0v) is 10.2. The van der Waals surface area contributed by atoms with Gasteiger partial charge in [-0.05, 0) is 23.8 Å². The first-order chi connectivity index (χ1) is 7.18. The van der Waals surface area contributed by atoms with E-state index in [2.05, 4.69) is 12.6 Å². The summed E-state index contributed by atoms with van der Waals surface area (Å²) in [5, 5.41) is 1.36. The maximum absolute atomic E-state index is 6.09. The largest absolute Gasteiger partial charge is 0.142 e. The van der Waals surface area contributed by atoms with Gasteiger partial charge in [-0.1, -0.05) is 47.5 Å². The van der Waals surface area contributed by atoms with Crippen LogP contribution in [0.1, 0.15) is 0 Å². The van der Waals surface area contributed by atoms with Gasteiger partial charge in [0.1, 0.15) is 0 Å². The Kier molecular flexibility index (Phi) is 3.25. The van der Waals surface area contributed by atoms with E-state index in [1.165, 1.54) is 0 Å². The molecule has 2 rings (SSSR count). The summed E-state index contributed by atoms with van der Waals surface area (Å²) in [6, 6.07) is 13.4. The molecule has 0 atom stereocenters. The van der Waals surface area contributed by atoms with Crippen molar-refractivity contribution >= 4 is 35.8 Å². The van der Waals surface area contributed by atoms with Gasteiger partial charge < -0.3 is 0 Å². The average Bonchev–Trinajstić information content (AvgIpc) is 2.23. The van der Waals surface area contributed by atoms with Crippen LogP contribution in [0.4, 0.5) is 0 Å². The predicted octanol–water partition coefficient (Wildman–Crippen LogP) is 4.95. The molecule has 0 unspecified atom stereocenters. The third kappa shape index (κ3) is 2.31. The van der Waals surface area contributed by atoms with Crippen LogP contribution < -0.4 is 0 Å². The monoisotopic (exact) mass is 254 g/mol.